The molecule has 1 heterocycles. The molecule has 0 N–H and O–H groups in total. The van der Waals surface area contributed by atoms with Crippen molar-refractivity contribution in [2.24, 2.45) is 0 Å². The molecule has 0 spiro atoms. The smallest absolute Gasteiger partial charge is 0.323 e. The van der Waals surface area contributed by atoms with Crippen LogP contribution in [0.3, 0.4) is 0 Å². The summed E-state index contributed by atoms with van der Waals surface area (Å²) in [6, 6.07) is 0.915. The van der Waals surface area contributed by atoms with E-state index in [0.29, 0.717) is 12.1 Å². The molecule has 0 radical (unpaired) electrons. The normalized spacial score (nSPS) is 28.1. The Hall–Kier alpha value is -0.610. The van der Waals surface area contributed by atoms with Crippen molar-refractivity contribution in [1.82, 2.24) is 9.80 Å². The number of likely N-dealkylation sites (N-methyl/N-ethyl adjacent to an activating group) is 1. The Morgan fingerprint density at radius 1 is 1.33 bits per heavy atom. The summed E-state index contributed by atoms with van der Waals surface area (Å²) in [6.45, 7) is 8.49. The highest BCUT2D eigenvalue weighted by Crippen LogP contribution is 2.19. The van der Waals surface area contributed by atoms with Crippen molar-refractivity contribution in [2.45, 2.75) is 58.2 Å². The fourth-order valence-electron chi connectivity index (χ4n) is 2.68. The van der Waals surface area contributed by atoms with Crippen molar-refractivity contribution in [3.63, 3.8) is 0 Å². The molecule has 4 nitrogen and oxygen atoms in total. The van der Waals surface area contributed by atoms with Crippen LogP contribution in [-0.2, 0) is 9.53 Å². The molecule has 0 aliphatic carbocycles. The van der Waals surface area contributed by atoms with E-state index in [1.54, 1.807) is 0 Å². The molecule has 1 aliphatic rings. The van der Waals surface area contributed by atoms with E-state index >= 15 is 0 Å². The SMILES string of the molecule is CCCCC(C(=O)OC)N1CC(C)N(C)C(C)C1. The second-order valence-corrected chi connectivity index (χ2v) is 5.50. The van der Waals surface area contributed by atoms with Crippen molar-refractivity contribution >= 4 is 5.97 Å². The molecule has 0 aromatic heterocycles. The molecule has 4 heteroatoms. The van der Waals surface area contributed by atoms with E-state index in [0.717, 1.165) is 32.4 Å². The first kappa shape index (κ1) is 15.4. The molecule has 0 aromatic rings. The predicted octanol–water partition coefficient (Wildman–Crippen LogP) is 1.74. The van der Waals surface area contributed by atoms with E-state index in [-0.39, 0.29) is 12.0 Å². The van der Waals surface area contributed by atoms with Gasteiger partial charge in [-0.1, -0.05) is 19.8 Å². The Kier molecular flexibility index (Phi) is 6.09. The number of carbonyl (C=O) groups is 1. The summed E-state index contributed by atoms with van der Waals surface area (Å²) in [5, 5.41) is 0. The Morgan fingerprint density at radius 3 is 2.33 bits per heavy atom. The van der Waals surface area contributed by atoms with Crippen LogP contribution in [0.5, 0.6) is 0 Å². The summed E-state index contributed by atoms with van der Waals surface area (Å²) in [7, 11) is 3.65. The molecule has 0 saturated carbocycles. The van der Waals surface area contributed by atoms with Crippen LogP contribution < -0.4 is 0 Å². The van der Waals surface area contributed by atoms with E-state index in [1.807, 2.05) is 0 Å². The number of carbonyl (C=O) groups excluding carboxylic acids is 1. The van der Waals surface area contributed by atoms with Crippen LogP contribution in [-0.4, -0.2) is 61.1 Å². The van der Waals surface area contributed by atoms with E-state index < -0.39 is 0 Å². The first-order valence-corrected chi connectivity index (χ1v) is 7.05. The third-order valence-electron chi connectivity index (χ3n) is 4.13. The number of esters is 1. The molecule has 18 heavy (non-hydrogen) atoms. The molecule has 0 bridgehead atoms. The summed E-state index contributed by atoms with van der Waals surface area (Å²) in [5.74, 6) is -0.0765. The summed E-state index contributed by atoms with van der Waals surface area (Å²) < 4.78 is 4.97. The van der Waals surface area contributed by atoms with Gasteiger partial charge >= 0.3 is 5.97 Å². The minimum absolute atomic E-state index is 0.0615. The monoisotopic (exact) mass is 256 g/mol. The van der Waals surface area contributed by atoms with E-state index in [2.05, 4.69) is 37.6 Å². The van der Waals surface area contributed by atoms with Gasteiger partial charge in [-0.2, -0.15) is 0 Å². The summed E-state index contributed by atoms with van der Waals surface area (Å²) >= 11 is 0. The molecule has 1 saturated heterocycles. The molecule has 3 unspecified atom stereocenters. The maximum atomic E-state index is 11.9. The van der Waals surface area contributed by atoms with Crippen LogP contribution in [0, 0.1) is 0 Å². The van der Waals surface area contributed by atoms with Crippen LogP contribution in [0.2, 0.25) is 0 Å². The third-order valence-corrected chi connectivity index (χ3v) is 4.13. The first-order chi connectivity index (χ1) is 8.51. The fraction of sp³-hybridized carbons (Fsp3) is 0.929. The largest absolute Gasteiger partial charge is 0.468 e. The molecular weight excluding hydrogens is 228 g/mol. The van der Waals surface area contributed by atoms with Crippen molar-refractivity contribution in [1.29, 1.82) is 0 Å². The number of hydrogen-bond acceptors (Lipinski definition) is 4. The molecule has 1 fully saturated rings. The van der Waals surface area contributed by atoms with Crippen LogP contribution >= 0.6 is 0 Å². The number of hydrogen-bond donors (Lipinski definition) is 0. The van der Waals surface area contributed by atoms with Gasteiger partial charge < -0.3 is 4.74 Å². The summed E-state index contributed by atoms with van der Waals surface area (Å²) in [5.41, 5.74) is 0. The number of piperazine rings is 1. The molecule has 0 amide bonds. The molecule has 1 rings (SSSR count). The van der Waals surface area contributed by atoms with Crippen LogP contribution in [0.15, 0.2) is 0 Å². The van der Waals surface area contributed by atoms with Crippen LogP contribution in [0.1, 0.15) is 40.0 Å². The van der Waals surface area contributed by atoms with Gasteiger partial charge in [-0.3, -0.25) is 14.6 Å². The Labute approximate surface area is 111 Å². The highest BCUT2D eigenvalue weighted by molar-refractivity contribution is 5.75. The first-order valence-electron chi connectivity index (χ1n) is 7.05. The second kappa shape index (κ2) is 7.10. The zero-order valence-electron chi connectivity index (χ0n) is 12.5. The van der Waals surface area contributed by atoms with Gasteiger partial charge in [-0.15, -0.1) is 0 Å². The molecular formula is C14H28N2O2. The highest BCUT2D eigenvalue weighted by atomic mass is 16.5. The fourth-order valence-corrected chi connectivity index (χ4v) is 2.68. The van der Waals surface area contributed by atoms with Gasteiger partial charge in [-0.05, 0) is 27.3 Å². The average Bonchev–Trinajstić information content (AvgIpc) is 2.35. The van der Waals surface area contributed by atoms with Gasteiger partial charge in [0, 0.05) is 25.2 Å². The van der Waals surface area contributed by atoms with Crippen molar-refractivity contribution in [3.8, 4) is 0 Å². The standard InChI is InChI=1S/C14H28N2O2/c1-6-7-8-13(14(17)18-5)16-9-11(2)15(4)12(3)10-16/h11-13H,6-10H2,1-5H3. The summed E-state index contributed by atoms with van der Waals surface area (Å²) in [6.07, 6.45) is 3.10. The average molecular weight is 256 g/mol. The van der Waals surface area contributed by atoms with E-state index in [4.69, 9.17) is 4.74 Å². The molecule has 1 aliphatic heterocycles. The number of unbranched alkanes of at least 4 members (excludes halogenated alkanes) is 1. The molecule has 3 atom stereocenters. The van der Waals surface area contributed by atoms with Crippen molar-refractivity contribution in [2.75, 3.05) is 27.2 Å². The molecule has 106 valence electrons. The third kappa shape index (κ3) is 3.69. The van der Waals surface area contributed by atoms with E-state index in [9.17, 15) is 4.79 Å². The molecule has 0 aromatic carbocycles. The van der Waals surface area contributed by atoms with E-state index in [1.165, 1.54) is 7.11 Å². The van der Waals surface area contributed by atoms with Gasteiger partial charge in [0.2, 0.25) is 0 Å². The van der Waals surface area contributed by atoms with Gasteiger partial charge in [0.05, 0.1) is 7.11 Å². The van der Waals surface area contributed by atoms with Crippen LogP contribution in [0.4, 0.5) is 0 Å². The van der Waals surface area contributed by atoms with Crippen LogP contribution in [0.25, 0.3) is 0 Å². The van der Waals surface area contributed by atoms with Crippen molar-refractivity contribution < 1.29 is 9.53 Å². The lowest BCUT2D eigenvalue weighted by molar-refractivity contribution is -0.149. The Bertz CT molecular complexity index is 259. The Morgan fingerprint density at radius 2 is 1.89 bits per heavy atom. The van der Waals surface area contributed by atoms with Crippen molar-refractivity contribution in [3.05, 3.63) is 0 Å². The zero-order chi connectivity index (χ0) is 13.7. The van der Waals surface area contributed by atoms with Gasteiger partial charge in [-0.25, -0.2) is 0 Å². The number of ether oxygens (including phenoxy) is 1. The maximum absolute atomic E-state index is 11.9. The minimum Gasteiger partial charge on any atom is -0.468 e. The number of nitrogens with zero attached hydrogens (tertiary/aromatic N) is 2. The minimum atomic E-state index is -0.0765. The maximum Gasteiger partial charge on any atom is 0.323 e. The lowest BCUT2D eigenvalue weighted by Gasteiger charge is -2.44. The highest BCUT2D eigenvalue weighted by Gasteiger charge is 2.34. The van der Waals surface area contributed by atoms with Gasteiger partial charge in [0.25, 0.3) is 0 Å². The zero-order valence-corrected chi connectivity index (χ0v) is 12.5. The predicted molar refractivity (Wildman–Crippen MR) is 73.6 cm³/mol. The van der Waals surface area contributed by atoms with Gasteiger partial charge in [0.15, 0.2) is 0 Å². The second-order valence-electron chi connectivity index (χ2n) is 5.50. The summed E-state index contributed by atoms with van der Waals surface area (Å²) in [4.78, 5) is 16.6. The van der Waals surface area contributed by atoms with Gasteiger partial charge in [0.1, 0.15) is 6.04 Å². The topological polar surface area (TPSA) is 32.8 Å². The Balaban J connectivity index is 2.69. The number of methoxy groups -OCH3 is 1. The lowest BCUT2D eigenvalue weighted by Crippen LogP contribution is -2.59. The number of rotatable bonds is 5. The quantitative estimate of drug-likeness (QED) is 0.702. The lowest BCUT2D eigenvalue weighted by atomic mass is 10.0.